The van der Waals surface area contributed by atoms with E-state index in [0.717, 1.165) is 18.5 Å². The minimum absolute atomic E-state index is 0.0743. The van der Waals surface area contributed by atoms with Crippen molar-refractivity contribution in [3.05, 3.63) is 35.0 Å². The van der Waals surface area contributed by atoms with Crippen LogP contribution in [0.5, 0.6) is 0 Å². The van der Waals surface area contributed by atoms with Gasteiger partial charge >= 0.3 is 0 Å². The first-order valence-corrected chi connectivity index (χ1v) is 6.38. The van der Waals surface area contributed by atoms with Gasteiger partial charge in [-0.05, 0) is 18.5 Å². The Bertz CT molecular complexity index is 640. The maximum atomic E-state index is 12.2. The molecule has 2 aromatic heterocycles. The van der Waals surface area contributed by atoms with Gasteiger partial charge in [0.1, 0.15) is 11.7 Å². The molecule has 1 N–H and O–H groups in total. The number of hydrogen-bond acceptors (Lipinski definition) is 4. The van der Waals surface area contributed by atoms with Gasteiger partial charge < -0.3 is 5.32 Å². The Morgan fingerprint density at radius 3 is 3.05 bits per heavy atom. The number of nitrogens with zero attached hydrogens (tertiary/aromatic N) is 4. The fourth-order valence-corrected chi connectivity index (χ4v) is 1.92. The molecule has 0 spiro atoms. The van der Waals surface area contributed by atoms with Gasteiger partial charge in [0.15, 0.2) is 5.65 Å². The van der Waals surface area contributed by atoms with Crippen molar-refractivity contribution in [3.63, 3.8) is 0 Å². The molecule has 2 aromatic rings. The molecule has 0 amide bonds. The highest BCUT2D eigenvalue weighted by atomic mass is 16.1. The van der Waals surface area contributed by atoms with Crippen LogP contribution in [0.4, 0.5) is 0 Å². The summed E-state index contributed by atoms with van der Waals surface area (Å²) in [6, 6.07) is 0. The molecule has 0 aliphatic carbocycles. The van der Waals surface area contributed by atoms with Crippen LogP contribution in [0.25, 0.3) is 11.0 Å². The Balaban J connectivity index is 2.15. The molecule has 0 aliphatic rings. The number of aromatic nitrogens is 4. The summed E-state index contributed by atoms with van der Waals surface area (Å²) in [7, 11) is 1.77. The molecule has 6 heteroatoms. The highest BCUT2D eigenvalue weighted by molar-refractivity contribution is 5.72. The van der Waals surface area contributed by atoms with E-state index in [-0.39, 0.29) is 5.56 Å². The third-order valence-corrected chi connectivity index (χ3v) is 2.91. The van der Waals surface area contributed by atoms with E-state index in [1.54, 1.807) is 28.8 Å². The van der Waals surface area contributed by atoms with Crippen molar-refractivity contribution in [2.45, 2.75) is 19.9 Å². The maximum Gasteiger partial charge on any atom is 0.264 e. The third kappa shape index (κ3) is 2.90. The van der Waals surface area contributed by atoms with E-state index in [0.29, 0.717) is 24.1 Å². The van der Waals surface area contributed by atoms with Gasteiger partial charge in [0.2, 0.25) is 0 Å². The van der Waals surface area contributed by atoms with Crippen LogP contribution < -0.4 is 10.9 Å². The van der Waals surface area contributed by atoms with Gasteiger partial charge in [-0.3, -0.25) is 14.0 Å². The van der Waals surface area contributed by atoms with Gasteiger partial charge in [-0.2, -0.15) is 5.10 Å². The summed E-state index contributed by atoms with van der Waals surface area (Å²) < 4.78 is 3.17. The lowest BCUT2D eigenvalue weighted by Gasteiger charge is -2.09. The summed E-state index contributed by atoms with van der Waals surface area (Å²) >= 11 is 0. The Morgan fingerprint density at radius 1 is 1.53 bits per heavy atom. The molecular formula is C13H19N5O. The first-order valence-electron chi connectivity index (χ1n) is 6.38. The number of aryl methyl sites for hydroxylation is 1. The molecule has 0 aromatic carbocycles. The van der Waals surface area contributed by atoms with E-state index in [4.69, 9.17) is 0 Å². The molecule has 0 saturated heterocycles. The summed E-state index contributed by atoms with van der Waals surface area (Å²) in [5.74, 6) is 0. The molecule has 19 heavy (non-hydrogen) atoms. The summed E-state index contributed by atoms with van der Waals surface area (Å²) in [4.78, 5) is 16.5. The van der Waals surface area contributed by atoms with Crippen LogP contribution in [-0.2, 0) is 13.6 Å². The quantitative estimate of drug-likeness (QED) is 0.613. The Morgan fingerprint density at radius 2 is 2.32 bits per heavy atom. The lowest BCUT2D eigenvalue weighted by Crippen LogP contribution is -2.25. The molecule has 6 nitrogen and oxygen atoms in total. The molecule has 0 radical (unpaired) electrons. The molecule has 102 valence electrons. The van der Waals surface area contributed by atoms with Gasteiger partial charge in [-0.15, -0.1) is 0 Å². The normalized spacial score (nSPS) is 11.1. The predicted octanol–water partition coefficient (Wildman–Crippen LogP) is 0.686. The molecule has 2 heterocycles. The van der Waals surface area contributed by atoms with E-state index in [9.17, 15) is 4.79 Å². The summed E-state index contributed by atoms with van der Waals surface area (Å²) in [5, 5.41) is 7.85. The molecule has 0 bridgehead atoms. The van der Waals surface area contributed by atoms with Gasteiger partial charge in [0, 0.05) is 20.1 Å². The SMILES string of the molecule is C=C(CNCCC)Cn1cnc2c(cnn2C)c1=O. The van der Waals surface area contributed by atoms with Gasteiger partial charge in [0.25, 0.3) is 5.56 Å². The van der Waals surface area contributed by atoms with E-state index >= 15 is 0 Å². The van der Waals surface area contributed by atoms with Crippen LogP contribution >= 0.6 is 0 Å². The lowest BCUT2D eigenvalue weighted by molar-refractivity contribution is 0.660. The minimum Gasteiger partial charge on any atom is -0.313 e. The average molecular weight is 261 g/mol. The molecule has 0 saturated carbocycles. The van der Waals surface area contributed by atoms with Crippen molar-refractivity contribution >= 4 is 11.0 Å². The van der Waals surface area contributed by atoms with Gasteiger partial charge in [-0.1, -0.05) is 13.5 Å². The molecular weight excluding hydrogens is 242 g/mol. The number of hydrogen-bond donors (Lipinski definition) is 1. The minimum atomic E-state index is -0.0743. The second-order valence-corrected chi connectivity index (χ2v) is 4.61. The highest BCUT2D eigenvalue weighted by Gasteiger charge is 2.08. The number of rotatable bonds is 6. The number of fused-ring (bicyclic) bond motifs is 1. The van der Waals surface area contributed by atoms with Crippen LogP contribution in [-0.4, -0.2) is 32.4 Å². The molecule has 2 rings (SSSR count). The Labute approximate surface area is 111 Å². The Kier molecular flexibility index (Phi) is 4.11. The standard InChI is InChI=1S/C13H19N5O/c1-4-5-14-6-10(2)8-18-9-15-12-11(13(18)19)7-16-17(12)3/h7,9,14H,2,4-6,8H2,1,3H3. The third-order valence-electron chi connectivity index (χ3n) is 2.91. The topological polar surface area (TPSA) is 64.7 Å². The van der Waals surface area contributed by atoms with Crippen molar-refractivity contribution in [2.24, 2.45) is 7.05 Å². The molecule has 0 atom stereocenters. The van der Waals surface area contributed by atoms with Crippen molar-refractivity contribution in [1.29, 1.82) is 0 Å². The summed E-state index contributed by atoms with van der Waals surface area (Å²) in [5.41, 5.74) is 1.49. The fourth-order valence-electron chi connectivity index (χ4n) is 1.92. The van der Waals surface area contributed by atoms with E-state index in [1.807, 2.05) is 0 Å². The molecule has 0 aliphatic heterocycles. The number of nitrogens with one attached hydrogen (secondary N) is 1. The summed E-state index contributed by atoms with van der Waals surface area (Å²) in [6.45, 7) is 8.23. The Hall–Kier alpha value is -1.95. The van der Waals surface area contributed by atoms with Crippen LogP contribution in [0.15, 0.2) is 29.5 Å². The zero-order valence-corrected chi connectivity index (χ0v) is 11.4. The van der Waals surface area contributed by atoms with Crippen LogP contribution in [0.3, 0.4) is 0 Å². The fraction of sp³-hybridized carbons (Fsp3) is 0.462. The predicted molar refractivity (Wildman–Crippen MR) is 75.1 cm³/mol. The van der Waals surface area contributed by atoms with Gasteiger partial charge in [0.05, 0.1) is 6.20 Å². The highest BCUT2D eigenvalue weighted by Crippen LogP contribution is 2.04. The lowest BCUT2D eigenvalue weighted by atomic mass is 10.3. The largest absolute Gasteiger partial charge is 0.313 e. The van der Waals surface area contributed by atoms with E-state index < -0.39 is 0 Å². The van der Waals surface area contributed by atoms with E-state index in [2.05, 4.69) is 28.9 Å². The summed E-state index contributed by atoms with van der Waals surface area (Å²) in [6.07, 6.45) is 4.19. The second-order valence-electron chi connectivity index (χ2n) is 4.61. The van der Waals surface area contributed by atoms with Crippen molar-refractivity contribution in [1.82, 2.24) is 24.6 Å². The first kappa shape index (κ1) is 13.5. The average Bonchev–Trinajstić information content (AvgIpc) is 2.76. The molecule has 0 fully saturated rings. The van der Waals surface area contributed by atoms with Crippen LogP contribution in [0.2, 0.25) is 0 Å². The van der Waals surface area contributed by atoms with Crippen molar-refractivity contribution in [3.8, 4) is 0 Å². The maximum absolute atomic E-state index is 12.2. The monoisotopic (exact) mass is 261 g/mol. The first-order chi connectivity index (χ1) is 9.13. The zero-order valence-electron chi connectivity index (χ0n) is 11.4. The zero-order chi connectivity index (χ0) is 13.8. The molecule has 0 unspecified atom stereocenters. The van der Waals surface area contributed by atoms with Gasteiger partial charge in [-0.25, -0.2) is 4.98 Å². The van der Waals surface area contributed by atoms with Crippen molar-refractivity contribution in [2.75, 3.05) is 13.1 Å². The van der Waals surface area contributed by atoms with Crippen LogP contribution in [0.1, 0.15) is 13.3 Å². The van der Waals surface area contributed by atoms with E-state index in [1.165, 1.54) is 0 Å². The smallest absolute Gasteiger partial charge is 0.264 e. The second kappa shape index (κ2) is 5.79. The van der Waals surface area contributed by atoms with Crippen LogP contribution in [0, 0.1) is 0 Å². The van der Waals surface area contributed by atoms with Crippen molar-refractivity contribution < 1.29 is 0 Å².